The molecule has 0 atom stereocenters. The highest BCUT2D eigenvalue weighted by molar-refractivity contribution is 6.04. The largest absolute Gasteiger partial charge is 0.417 e. The summed E-state index contributed by atoms with van der Waals surface area (Å²) in [4.78, 5) is 23.8. The lowest BCUT2D eigenvalue weighted by Crippen LogP contribution is -2.51. The molecular formula is C31H34F3N9O. The first-order valence-corrected chi connectivity index (χ1v) is 14.9. The van der Waals surface area contributed by atoms with E-state index in [-0.39, 0.29) is 23.7 Å². The van der Waals surface area contributed by atoms with E-state index in [0.717, 1.165) is 29.7 Å². The first kappa shape index (κ1) is 28.2. The normalized spacial score (nSPS) is 16.1. The van der Waals surface area contributed by atoms with Crippen molar-refractivity contribution < 1.29 is 18.0 Å². The van der Waals surface area contributed by atoms with Crippen molar-refractivity contribution in [3.8, 4) is 11.1 Å². The SMILES string of the molecule is CC(C)N(C(=O)n1ccnn1)C1CCN(c2cc3c4c(cccn24)-c2c(C(F)(F)F)cc4c(ncn4C)c2N(C)CC3)CC1. The number of likely N-dealkylation sites (N-methyl/N-ethyl adjacent to an activating group) is 1. The smallest absolute Gasteiger partial charge is 0.372 e. The summed E-state index contributed by atoms with van der Waals surface area (Å²) in [6.45, 7) is 5.95. The number of hydrogen-bond donors (Lipinski definition) is 0. The van der Waals surface area contributed by atoms with Gasteiger partial charge in [0.05, 0.1) is 41.0 Å². The minimum atomic E-state index is -4.56. The van der Waals surface area contributed by atoms with Gasteiger partial charge in [-0.1, -0.05) is 11.3 Å². The van der Waals surface area contributed by atoms with Crippen molar-refractivity contribution in [1.82, 2.24) is 33.8 Å². The summed E-state index contributed by atoms with van der Waals surface area (Å²) >= 11 is 0. The van der Waals surface area contributed by atoms with Crippen LogP contribution in [-0.2, 0) is 19.6 Å². The Kier molecular flexibility index (Phi) is 6.59. The predicted molar refractivity (Wildman–Crippen MR) is 162 cm³/mol. The molecule has 44 heavy (non-hydrogen) atoms. The number of nitrogens with zero attached hydrogens (tertiary/aromatic N) is 9. The molecule has 6 heterocycles. The summed E-state index contributed by atoms with van der Waals surface area (Å²) in [5.41, 5.74) is 3.38. The molecule has 0 radical (unpaired) electrons. The molecule has 0 bridgehead atoms. The summed E-state index contributed by atoms with van der Waals surface area (Å²) in [5, 5.41) is 7.68. The van der Waals surface area contributed by atoms with Crippen LogP contribution < -0.4 is 9.80 Å². The van der Waals surface area contributed by atoms with Crippen LogP contribution in [0.25, 0.3) is 27.7 Å². The van der Waals surface area contributed by atoms with E-state index in [2.05, 4.69) is 26.3 Å². The minimum absolute atomic E-state index is 0.0152. The number of rotatable bonds is 3. The number of amides is 1. The van der Waals surface area contributed by atoms with Gasteiger partial charge in [0.2, 0.25) is 0 Å². The second kappa shape index (κ2) is 10.3. The number of hydrogen-bond acceptors (Lipinski definition) is 6. The Morgan fingerprint density at radius 2 is 1.86 bits per heavy atom. The Morgan fingerprint density at radius 3 is 2.55 bits per heavy atom. The number of carbonyl (C=O) groups is 1. The van der Waals surface area contributed by atoms with Gasteiger partial charge in [-0.3, -0.25) is 0 Å². The number of aryl methyl sites for hydroxylation is 1. The first-order valence-electron chi connectivity index (χ1n) is 14.9. The quantitative estimate of drug-likeness (QED) is 0.273. The fraction of sp³-hybridized carbons (Fsp3) is 0.419. The van der Waals surface area contributed by atoms with Crippen molar-refractivity contribution in [2.45, 2.75) is 51.4 Å². The van der Waals surface area contributed by atoms with Crippen LogP contribution in [0.4, 0.5) is 29.5 Å². The zero-order valence-electron chi connectivity index (χ0n) is 25.1. The number of carbonyl (C=O) groups excluding carboxylic acids is 1. The van der Waals surface area contributed by atoms with Gasteiger partial charge in [0.25, 0.3) is 0 Å². The third kappa shape index (κ3) is 4.39. The van der Waals surface area contributed by atoms with E-state index in [1.807, 2.05) is 47.4 Å². The molecule has 1 amide bonds. The van der Waals surface area contributed by atoms with Gasteiger partial charge < -0.3 is 23.7 Å². The van der Waals surface area contributed by atoms with E-state index in [0.29, 0.717) is 48.3 Å². The fourth-order valence-corrected chi connectivity index (χ4v) is 7.07. The van der Waals surface area contributed by atoms with Crippen molar-refractivity contribution in [2.75, 3.05) is 36.5 Å². The summed E-state index contributed by atoms with van der Waals surface area (Å²) in [7, 11) is 3.57. The summed E-state index contributed by atoms with van der Waals surface area (Å²) in [6.07, 6.45) is 4.18. The minimum Gasteiger partial charge on any atom is -0.372 e. The van der Waals surface area contributed by atoms with E-state index in [9.17, 15) is 18.0 Å². The lowest BCUT2D eigenvalue weighted by Gasteiger charge is -2.40. The number of imidazole rings is 1. The molecule has 0 unspecified atom stereocenters. The van der Waals surface area contributed by atoms with E-state index in [1.54, 1.807) is 30.2 Å². The number of aromatic nitrogens is 6. The second-order valence-corrected chi connectivity index (χ2v) is 12.1. The molecule has 10 nitrogen and oxygen atoms in total. The summed E-state index contributed by atoms with van der Waals surface area (Å²) in [5.74, 6) is 0.951. The van der Waals surface area contributed by atoms with Crippen LogP contribution in [0, 0.1) is 0 Å². The number of anilines is 2. The average Bonchev–Trinajstić information content (AvgIpc) is 3.74. The van der Waals surface area contributed by atoms with Crippen LogP contribution in [0.1, 0.15) is 37.8 Å². The van der Waals surface area contributed by atoms with Gasteiger partial charge in [0.1, 0.15) is 11.3 Å². The van der Waals surface area contributed by atoms with Crippen LogP contribution in [0.2, 0.25) is 0 Å². The van der Waals surface area contributed by atoms with Gasteiger partial charge in [0, 0.05) is 63.1 Å². The van der Waals surface area contributed by atoms with Crippen LogP contribution in [0.15, 0.2) is 49.2 Å². The Labute approximate surface area is 252 Å². The van der Waals surface area contributed by atoms with Gasteiger partial charge in [-0.15, -0.1) is 5.10 Å². The Hall–Kier alpha value is -4.55. The van der Waals surface area contributed by atoms with Crippen LogP contribution in [0.3, 0.4) is 0 Å². The third-order valence-electron chi connectivity index (χ3n) is 9.09. The van der Waals surface area contributed by atoms with Gasteiger partial charge in [-0.05, 0) is 56.9 Å². The van der Waals surface area contributed by atoms with E-state index in [4.69, 9.17) is 0 Å². The van der Waals surface area contributed by atoms with Gasteiger partial charge in [0.15, 0.2) is 0 Å². The number of pyridine rings is 1. The number of fused-ring (bicyclic) bond motifs is 4. The fourth-order valence-electron chi connectivity index (χ4n) is 7.07. The lowest BCUT2D eigenvalue weighted by molar-refractivity contribution is -0.137. The molecule has 2 aliphatic heterocycles. The summed E-state index contributed by atoms with van der Waals surface area (Å²) in [6, 6.07) is 6.81. The number of benzene rings is 1. The Bertz CT molecular complexity index is 1860. The maximum absolute atomic E-state index is 14.8. The zero-order valence-corrected chi connectivity index (χ0v) is 25.1. The third-order valence-corrected chi connectivity index (χ3v) is 9.09. The molecule has 0 N–H and O–H groups in total. The van der Waals surface area contributed by atoms with Crippen LogP contribution in [-0.4, -0.2) is 78.6 Å². The monoisotopic (exact) mass is 605 g/mol. The van der Waals surface area contributed by atoms with Gasteiger partial charge in [-0.25, -0.2) is 9.78 Å². The number of piperidine rings is 1. The number of halogens is 3. The topological polar surface area (TPSA) is 79.7 Å². The van der Waals surface area contributed by atoms with Crippen molar-refractivity contribution in [1.29, 1.82) is 0 Å². The van der Waals surface area contributed by atoms with Gasteiger partial charge in [-0.2, -0.15) is 17.9 Å². The maximum Gasteiger partial charge on any atom is 0.417 e. The van der Waals surface area contributed by atoms with Crippen molar-refractivity contribution >= 4 is 34.1 Å². The predicted octanol–water partition coefficient (Wildman–Crippen LogP) is 5.44. The molecular weight excluding hydrogens is 571 g/mol. The highest BCUT2D eigenvalue weighted by Gasteiger charge is 2.39. The van der Waals surface area contributed by atoms with E-state index in [1.165, 1.54) is 16.9 Å². The Balaban J connectivity index is 1.30. The molecule has 4 aromatic heterocycles. The molecule has 0 spiro atoms. The molecule has 0 aliphatic carbocycles. The van der Waals surface area contributed by atoms with Crippen molar-refractivity contribution in [3.05, 3.63) is 60.3 Å². The van der Waals surface area contributed by atoms with Gasteiger partial charge >= 0.3 is 12.2 Å². The maximum atomic E-state index is 14.8. The zero-order chi connectivity index (χ0) is 30.9. The molecule has 230 valence electrons. The molecule has 1 fully saturated rings. The molecule has 1 aromatic carbocycles. The van der Waals surface area contributed by atoms with E-state index < -0.39 is 11.7 Å². The summed E-state index contributed by atoms with van der Waals surface area (Å²) < 4.78 is 49.2. The molecule has 13 heteroatoms. The standard InChI is InChI=1S/C31H34F3N9O/c1-19(2)43(30(44)42-15-10-36-37-42)21-8-13-40(14-9-21)25-16-20-7-12-38(3)29-26(22-6-5-11-41(25)28(20)22)23(31(32,33)34)17-24-27(29)35-18-39(24)4/h5-6,10-11,15-19,21H,7-9,12-14H2,1-4H3. The first-order chi connectivity index (χ1) is 21.0. The number of alkyl halides is 3. The highest BCUT2D eigenvalue weighted by Crippen LogP contribution is 2.49. The molecule has 0 saturated carbocycles. The lowest BCUT2D eigenvalue weighted by atomic mass is 9.92. The van der Waals surface area contributed by atoms with Crippen molar-refractivity contribution in [2.24, 2.45) is 7.05 Å². The Morgan fingerprint density at radius 1 is 1.09 bits per heavy atom. The average molecular weight is 606 g/mol. The molecule has 5 aromatic rings. The molecule has 2 aliphatic rings. The molecule has 1 saturated heterocycles. The van der Waals surface area contributed by atoms with E-state index >= 15 is 0 Å². The van der Waals surface area contributed by atoms with Crippen LogP contribution in [0.5, 0.6) is 0 Å². The molecule has 7 rings (SSSR count). The highest BCUT2D eigenvalue weighted by atomic mass is 19.4. The van der Waals surface area contributed by atoms with Crippen LogP contribution >= 0.6 is 0 Å². The second-order valence-electron chi connectivity index (χ2n) is 12.1. The van der Waals surface area contributed by atoms with Crippen molar-refractivity contribution in [3.63, 3.8) is 0 Å².